The van der Waals surface area contributed by atoms with Crippen LogP contribution in [0.3, 0.4) is 0 Å². The molecule has 9 nitrogen and oxygen atoms in total. The lowest BCUT2D eigenvalue weighted by Gasteiger charge is -2.38. The van der Waals surface area contributed by atoms with Crippen molar-refractivity contribution >= 4 is 11.6 Å². The van der Waals surface area contributed by atoms with Crippen molar-refractivity contribution in [2.45, 2.75) is 45.2 Å². The third-order valence-electron chi connectivity index (χ3n) is 3.79. The van der Waals surface area contributed by atoms with Gasteiger partial charge in [-0.2, -0.15) is 4.98 Å². The molecule has 1 aromatic heterocycles. The van der Waals surface area contributed by atoms with Gasteiger partial charge in [0.2, 0.25) is 0 Å². The first-order valence-corrected chi connectivity index (χ1v) is 7.08. The second-order valence-corrected chi connectivity index (χ2v) is 5.36. The van der Waals surface area contributed by atoms with E-state index in [1.54, 1.807) is 4.90 Å². The summed E-state index contributed by atoms with van der Waals surface area (Å²) in [6, 6.07) is 0.198. The molecule has 1 aromatic rings. The molecular formula is C13H18N4O5. The number of nitrogens with one attached hydrogen (secondary N) is 1. The summed E-state index contributed by atoms with van der Waals surface area (Å²) in [5, 5.41) is 10.9. The predicted molar refractivity (Wildman–Crippen MR) is 76.6 cm³/mol. The fraction of sp³-hybridized carbons (Fsp3) is 0.615. The zero-order chi connectivity index (χ0) is 16.3. The van der Waals surface area contributed by atoms with Gasteiger partial charge in [-0.25, -0.2) is 0 Å². The van der Waals surface area contributed by atoms with Crippen LogP contribution < -0.4 is 10.3 Å². The Balaban J connectivity index is 2.10. The molecule has 0 unspecified atom stereocenters. The average Bonchev–Trinajstić information content (AvgIpc) is 2.44. The molecule has 0 radical (unpaired) electrons. The number of H-pyrrole nitrogens is 1. The number of rotatable bonds is 4. The predicted octanol–water partition coefficient (Wildman–Crippen LogP) is 0.846. The number of hydrogen-bond acceptors (Lipinski definition) is 6. The Hall–Kier alpha value is -2.45. The van der Waals surface area contributed by atoms with Gasteiger partial charge in [0.15, 0.2) is 6.61 Å². The number of nitrogens with zero attached hydrogens (tertiary/aromatic N) is 3. The molecule has 2 atom stereocenters. The molecule has 1 saturated heterocycles. The maximum Gasteiger partial charge on any atom is 0.395 e. The molecule has 1 N–H and O–H groups in total. The molecule has 2 heterocycles. The first-order valence-electron chi connectivity index (χ1n) is 7.08. The molecule has 22 heavy (non-hydrogen) atoms. The molecule has 0 saturated carbocycles. The van der Waals surface area contributed by atoms with Crippen LogP contribution in [0, 0.1) is 10.1 Å². The Morgan fingerprint density at radius 2 is 2.14 bits per heavy atom. The third-order valence-corrected chi connectivity index (χ3v) is 3.79. The van der Waals surface area contributed by atoms with Crippen LogP contribution in [0.25, 0.3) is 0 Å². The van der Waals surface area contributed by atoms with Crippen LogP contribution in [-0.2, 0) is 4.79 Å². The summed E-state index contributed by atoms with van der Waals surface area (Å²) in [6.07, 6.45) is 3.90. The number of hydrogen-bond donors (Lipinski definition) is 1. The number of likely N-dealkylation sites (tertiary alicyclic amines) is 1. The SMILES string of the molecule is C[C@@H]1CCC[C@H](C)N1C(=O)COc1nc[nH]c(=O)c1[N+](=O)[O-]. The van der Waals surface area contributed by atoms with Crippen molar-refractivity contribution in [1.29, 1.82) is 0 Å². The van der Waals surface area contributed by atoms with Gasteiger partial charge in [-0.1, -0.05) is 0 Å². The lowest BCUT2D eigenvalue weighted by molar-refractivity contribution is -0.387. The zero-order valence-corrected chi connectivity index (χ0v) is 12.4. The minimum atomic E-state index is -0.915. The fourth-order valence-corrected chi connectivity index (χ4v) is 2.76. The summed E-state index contributed by atoms with van der Waals surface area (Å²) < 4.78 is 5.13. The molecule has 0 bridgehead atoms. The summed E-state index contributed by atoms with van der Waals surface area (Å²) in [4.78, 5) is 41.1. The molecule has 120 valence electrons. The lowest BCUT2D eigenvalue weighted by atomic mass is 9.97. The summed E-state index contributed by atoms with van der Waals surface area (Å²) >= 11 is 0. The maximum atomic E-state index is 12.3. The molecule has 0 spiro atoms. The molecule has 0 aliphatic carbocycles. The quantitative estimate of drug-likeness (QED) is 0.650. The topological polar surface area (TPSA) is 118 Å². The van der Waals surface area contributed by atoms with Crippen LogP contribution in [0.15, 0.2) is 11.1 Å². The minimum absolute atomic E-state index is 0.0990. The van der Waals surface area contributed by atoms with E-state index < -0.39 is 22.0 Å². The number of amides is 1. The van der Waals surface area contributed by atoms with Crippen LogP contribution in [0.1, 0.15) is 33.1 Å². The largest absolute Gasteiger partial charge is 0.463 e. The van der Waals surface area contributed by atoms with Gasteiger partial charge in [-0.15, -0.1) is 0 Å². The summed E-state index contributed by atoms with van der Waals surface area (Å²) in [6.45, 7) is 3.54. The van der Waals surface area contributed by atoms with Gasteiger partial charge in [-0.3, -0.25) is 19.7 Å². The molecule has 1 aliphatic heterocycles. The number of aromatic nitrogens is 2. The van der Waals surface area contributed by atoms with E-state index in [9.17, 15) is 19.7 Å². The van der Waals surface area contributed by atoms with E-state index in [1.807, 2.05) is 13.8 Å². The van der Waals surface area contributed by atoms with E-state index in [4.69, 9.17) is 4.74 Å². The second kappa shape index (κ2) is 6.54. The van der Waals surface area contributed by atoms with Crippen molar-refractivity contribution in [2.24, 2.45) is 0 Å². The average molecular weight is 310 g/mol. The van der Waals surface area contributed by atoms with Crippen molar-refractivity contribution < 1.29 is 14.5 Å². The summed E-state index contributed by atoms with van der Waals surface area (Å²) in [5.41, 5.74) is -1.71. The maximum absolute atomic E-state index is 12.3. The first kappa shape index (κ1) is 15.9. The van der Waals surface area contributed by atoms with E-state index in [2.05, 4.69) is 9.97 Å². The Morgan fingerprint density at radius 1 is 1.50 bits per heavy atom. The van der Waals surface area contributed by atoms with Gasteiger partial charge in [0, 0.05) is 12.1 Å². The van der Waals surface area contributed by atoms with Gasteiger partial charge in [0.1, 0.15) is 0 Å². The number of carbonyl (C=O) groups is 1. The number of piperidine rings is 1. The molecule has 9 heteroatoms. The number of carbonyl (C=O) groups excluding carboxylic acids is 1. The summed E-state index contributed by atoms with van der Waals surface area (Å²) in [5.74, 6) is -0.713. The Morgan fingerprint density at radius 3 is 2.73 bits per heavy atom. The fourth-order valence-electron chi connectivity index (χ4n) is 2.76. The van der Waals surface area contributed by atoms with E-state index in [0.717, 1.165) is 25.6 Å². The van der Waals surface area contributed by atoms with Crippen LogP contribution >= 0.6 is 0 Å². The smallest absolute Gasteiger partial charge is 0.395 e. The van der Waals surface area contributed by atoms with Crippen molar-refractivity contribution in [1.82, 2.24) is 14.9 Å². The lowest BCUT2D eigenvalue weighted by Crippen LogP contribution is -2.49. The number of aromatic amines is 1. The Labute approximate surface area is 126 Å². The summed E-state index contributed by atoms with van der Waals surface area (Å²) in [7, 11) is 0. The molecule has 1 amide bonds. The van der Waals surface area contributed by atoms with Crippen LogP contribution in [0.5, 0.6) is 5.88 Å². The van der Waals surface area contributed by atoms with Crippen LogP contribution in [0.4, 0.5) is 5.69 Å². The highest BCUT2D eigenvalue weighted by Crippen LogP contribution is 2.23. The molecule has 1 aliphatic rings. The molecular weight excluding hydrogens is 292 g/mol. The second-order valence-electron chi connectivity index (χ2n) is 5.36. The van der Waals surface area contributed by atoms with Crippen LogP contribution in [-0.4, -0.2) is 44.4 Å². The van der Waals surface area contributed by atoms with E-state index in [-0.39, 0.29) is 24.6 Å². The normalized spacial score (nSPS) is 21.5. The number of nitro groups is 1. The van der Waals surface area contributed by atoms with Gasteiger partial charge < -0.3 is 14.6 Å². The van der Waals surface area contributed by atoms with Crippen LogP contribution in [0.2, 0.25) is 0 Å². The molecule has 1 fully saturated rings. The van der Waals surface area contributed by atoms with E-state index in [0.29, 0.717) is 0 Å². The zero-order valence-electron chi connectivity index (χ0n) is 12.4. The van der Waals surface area contributed by atoms with Crippen molar-refractivity contribution in [3.63, 3.8) is 0 Å². The standard InChI is InChI=1S/C13H18N4O5/c1-8-4-3-5-9(2)16(8)10(18)6-22-13-11(17(20)21)12(19)14-7-15-13/h7-9H,3-6H2,1-2H3,(H,14,15,19)/t8-,9+. The third kappa shape index (κ3) is 3.23. The van der Waals surface area contributed by atoms with Gasteiger partial charge in [0.05, 0.1) is 11.3 Å². The number of ether oxygens (including phenoxy) is 1. The van der Waals surface area contributed by atoms with Crippen molar-refractivity contribution in [3.8, 4) is 5.88 Å². The van der Waals surface area contributed by atoms with E-state index >= 15 is 0 Å². The van der Waals surface area contributed by atoms with E-state index in [1.165, 1.54) is 0 Å². The molecule has 0 aromatic carbocycles. The highest BCUT2D eigenvalue weighted by Gasteiger charge is 2.30. The first-order chi connectivity index (χ1) is 10.4. The Bertz CT molecular complexity index is 619. The monoisotopic (exact) mass is 310 g/mol. The van der Waals surface area contributed by atoms with Crippen molar-refractivity contribution in [2.75, 3.05) is 6.61 Å². The minimum Gasteiger partial charge on any atom is -0.463 e. The van der Waals surface area contributed by atoms with Gasteiger partial charge in [-0.05, 0) is 33.1 Å². The van der Waals surface area contributed by atoms with Crippen molar-refractivity contribution in [3.05, 3.63) is 26.8 Å². The van der Waals surface area contributed by atoms with Gasteiger partial charge >= 0.3 is 17.1 Å². The highest BCUT2D eigenvalue weighted by molar-refractivity contribution is 5.78. The highest BCUT2D eigenvalue weighted by atomic mass is 16.6. The molecule has 2 rings (SSSR count). The van der Waals surface area contributed by atoms with Gasteiger partial charge in [0.25, 0.3) is 5.91 Å². The Kier molecular flexibility index (Phi) is 4.74.